The summed E-state index contributed by atoms with van der Waals surface area (Å²) < 4.78 is 44.0. The molecule has 0 atom stereocenters. The number of hydrogen-bond acceptors (Lipinski definition) is 5. The van der Waals surface area contributed by atoms with E-state index in [1.54, 1.807) is 0 Å². The maximum atomic E-state index is 12.0. The summed E-state index contributed by atoms with van der Waals surface area (Å²) in [4.78, 5) is 24.6. The third kappa shape index (κ3) is 4.28. The molecular formula is C10H11F3N2O4. The summed E-state index contributed by atoms with van der Waals surface area (Å²) in [6.07, 6.45) is -5.32. The van der Waals surface area contributed by atoms with Gasteiger partial charge in [0.25, 0.3) is 5.56 Å². The van der Waals surface area contributed by atoms with Crippen LogP contribution in [0.5, 0.6) is 5.88 Å². The van der Waals surface area contributed by atoms with Gasteiger partial charge in [-0.1, -0.05) is 0 Å². The smallest absolute Gasteiger partial charge is 0.469 e. The molecule has 1 rings (SSSR count). The molecule has 106 valence electrons. The Labute approximate surface area is 105 Å². The van der Waals surface area contributed by atoms with Crippen LogP contribution < -0.4 is 16.0 Å². The van der Waals surface area contributed by atoms with Crippen LogP contribution in [0.2, 0.25) is 0 Å². The van der Waals surface area contributed by atoms with Crippen LogP contribution in [0.15, 0.2) is 10.9 Å². The van der Waals surface area contributed by atoms with Gasteiger partial charge >= 0.3 is 12.3 Å². The number of aromatic amines is 1. The third-order valence-electron chi connectivity index (χ3n) is 2.20. The number of pyridine rings is 1. The highest BCUT2D eigenvalue weighted by atomic mass is 19.4. The minimum atomic E-state index is -4.93. The van der Waals surface area contributed by atoms with Gasteiger partial charge in [0, 0.05) is 18.2 Å². The van der Waals surface area contributed by atoms with E-state index in [1.807, 2.05) is 4.98 Å². The molecule has 0 aromatic carbocycles. The Balaban J connectivity index is 3.15. The predicted octanol–water partition coefficient (Wildman–Crippen LogP) is 0.448. The number of halogens is 3. The minimum Gasteiger partial charge on any atom is -0.469 e. The number of alkyl halides is 3. The summed E-state index contributed by atoms with van der Waals surface area (Å²) in [6.45, 7) is -0.218. The monoisotopic (exact) mass is 280 g/mol. The van der Waals surface area contributed by atoms with E-state index in [4.69, 9.17) is 5.73 Å². The molecule has 1 aromatic rings. The van der Waals surface area contributed by atoms with Gasteiger partial charge < -0.3 is 15.2 Å². The summed E-state index contributed by atoms with van der Waals surface area (Å²) in [5, 5.41) is 0. The highest BCUT2D eigenvalue weighted by Gasteiger charge is 2.32. The molecule has 0 bridgehead atoms. The lowest BCUT2D eigenvalue weighted by Gasteiger charge is -2.11. The zero-order valence-electron chi connectivity index (χ0n) is 9.84. The molecule has 0 saturated heterocycles. The normalized spacial score (nSPS) is 11.2. The van der Waals surface area contributed by atoms with Gasteiger partial charge in [-0.25, -0.2) is 0 Å². The van der Waals surface area contributed by atoms with E-state index in [0.717, 1.165) is 13.2 Å². The van der Waals surface area contributed by atoms with Gasteiger partial charge in [0.1, 0.15) is 0 Å². The number of nitrogens with one attached hydrogen (secondary N) is 1. The Morgan fingerprint density at radius 3 is 2.58 bits per heavy atom. The van der Waals surface area contributed by atoms with Crippen molar-refractivity contribution in [3.05, 3.63) is 27.5 Å². The summed E-state index contributed by atoms with van der Waals surface area (Å²) in [5.41, 5.74) is 4.47. The van der Waals surface area contributed by atoms with Crippen molar-refractivity contribution in [3.8, 4) is 5.88 Å². The number of esters is 1. The Kier molecular flexibility index (Phi) is 4.54. The molecule has 3 N–H and O–H groups in total. The quantitative estimate of drug-likeness (QED) is 0.781. The molecule has 0 fully saturated rings. The van der Waals surface area contributed by atoms with E-state index in [-0.39, 0.29) is 24.1 Å². The van der Waals surface area contributed by atoms with Crippen molar-refractivity contribution in [2.75, 3.05) is 7.11 Å². The zero-order valence-corrected chi connectivity index (χ0v) is 9.84. The maximum absolute atomic E-state index is 12.0. The number of H-pyrrole nitrogens is 1. The van der Waals surface area contributed by atoms with Crippen molar-refractivity contribution in [1.29, 1.82) is 0 Å². The van der Waals surface area contributed by atoms with Crippen LogP contribution >= 0.6 is 0 Å². The molecular weight excluding hydrogens is 269 g/mol. The molecule has 0 aliphatic rings. The Morgan fingerprint density at radius 1 is 1.47 bits per heavy atom. The number of hydrogen-bond donors (Lipinski definition) is 2. The molecule has 6 nitrogen and oxygen atoms in total. The number of carbonyl (C=O) groups excluding carboxylic acids is 1. The van der Waals surface area contributed by atoms with Gasteiger partial charge in [-0.05, 0) is 5.56 Å². The van der Waals surface area contributed by atoms with Crippen LogP contribution in [-0.4, -0.2) is 24.4 Å². The molecule has 0 aliphatic carbocycles. The minimum absolute atomic E-state index is 0.0520. The third-order valence-corrected chi connectivity index (χ3v) is 2.20. The van der Waals surface area contributed by atoms with Crippen LogP contribution in [0.3, 0.4) is 0 Å². The van der Waals surface area contributed by atoms with Crippen LogP contribution in [0, 0.1) is 0 Å². The van der Waals surface area contributed by atoms with Crippen LogP contribution in [-0.2, 0) is 22.5 Å². The second kappa shape index (κ2) is 5.74. The molecule has 0 saturated carbocycles. The Hall–Kier alpha value is -2.03. The lowest BCUT2D eigenvalue weighted by molar-refractivity contribution is -0.276. The first-order valence-electron chi connectivity index (χ1n) is 5.04. The van der Waals surface area contributed by atoms with Crippen LogP contribution in [0.1, 0.15) is 11.1 Å². The van der Waals surface area contributed by atoms with E-state index in [1.165, 1.54) is 0 Å². The SMILES string of the molecule is COC(=O)Cc1c(CN)cc(OC(F)(F)F)[nH]c1=O. The summed E-state index contributed by atoms with van der Waals surface area (Å²) >= 11 is 0. The average Bonchev–Trinajstić information content (AvgIpc) is 2.29. The molecule has 0 radical (unpaired) electrons. The predicted molar refractivity (Wildman–Crippen MR) is 57.4 cm³/mol. The average molecular weight is 280 g/mol. The van der Waals surface area contributed by atoms with E-state index in [9.17, 15) is 22.8 Å². The molecule has 0 amide bonds. The zero-order chi connectivity index (χ0) is 14.6. The second-order valence-electron chi connectivity index (χ2n) is 3.47. The number of aromatic nitrogens is 1. The van der Waals surface area contributed by atoms with E-state index in [0.29, 0.717) is 0 Å². The Morgan fingerprint density at radius 2 is 2.11 bits per heavy atom. The fraction of sp³-hybridized carbons (Fsp3) is 0.400. The van der Waals surface area contributed by atoms with Crippen molar-refractivity contribution in [1.82, 2.24) is 4.98 Å². The van der Waals surface area contributed by atoms with E-state index < -0.39 is 23.8 Å². The van der Waals surface area contributed by atoms with Gasteiger partial charge in [0.05, 0.1) is 13.5 Å². The molecule has 0 spiro atoms. The fourth-order valence-corrected chi connectivity index (χ4v) is 1.39. The number of ether oxygens (including phenoxy) is 2. The number of rotatable bonds is 4. The fourth-order valence-electron chi connectivity index (χ4n) is 1.39. The standard InChI is InChI=1S/C10H11F3N2O4/c1-18-8(16)3-6-5(4-14)2-7(15-9(6)17)19-10(11,12)13/h2H,3-4,14H2,1H3,(H,15,17). The number of nitrogens with two attached hydrogens (primary N) is 1. The first-order chi connectivity index (χ1) is 8.76. The molecule has 0 unspecified atom stereocenters. The lowest BCUT2D eigenvalue weighted by Crippen LogP contribution is -2.25. The highest BCUT2D eigenvalue weighted by Crippen LogP contribution is 2.21. The molecule has 1 heterocycles. The molecule has 0 aliphatic heterocycles. The largest absolute Gasteiger partial charge is 0.574 e. The van der Waals surface area contributed by atoms with Crippen molar-refractivity contribution in [2.24, 2.45) is 5.73 Å². The number of carbonyl (C=O) groups is 1. The van der Waals surface area contributed by atoms with E-state index in [2.05, 4.69) is 9.47 Å². The summed E-state index contributed by atoms with van der Waals surface area (Å²) in [7, 11) is 1.12. The van der Waals surface area contributed by atoms with Gasteiger partial charge in [0.2, 0.25) is 5.88 Å². The van der Waals surface area contributed by atoms with Gasteiger partial charge in [-0.15, -0.1) is 13.2 Å². The second-order valence-corrected chi connectivity index (χ2v) is 3.47. The van der Waals surface area contributed by atoms with Gasteiger partial charge in [-0.2, -0.15) is 0 Å². The first kappa shape index (κ1) is 15.0. The van der Waals surface area contributed by atoms with Crippen LogP contribution in [0.4, 0.5) is 13.2 Å². The topological polar surface area (TPSA) is 94.4 Å². The molecule has 19 heavy (non-hydrogen) atoms. The van der Waals surface area contributed by atoms with Crippen molar-refractivity contribution in [3.63, 3.8) is 0 Å². The van der Waals surface area contributed by atoms with E-state index >= 15 is 0 Å². The summed E-state index contributed by atoms with van der Waals surface area (Å²) in [5.74, 6) is -1.49. The van der Waals surface area contributed by atoms with Crippen molar-refractivity contribution >= 4 is 5.97 Å². The highest BCUT2D eigenvalue weighted by molar-refractivity contribution is 5.72. The van der Waals surface area contributed by atoms with Crippen LogP contribution in [0.25, 0.3) is 0 Å². The maximum Gasteiger partial charge on any atom is 0.574 e. The molecule has 9 heteroatoms. The van der Waals surface area contributed by atoms with Gasteiger partial charge in [-0.3, -0.25) is 14.6 Å². The molecule has 1 aromatic heterocycles. The van der Waals surface area contributed by atoms with Crippen molar-refractivity contribution < 1.29 is 27.4 Å². The lowest BCUT2D eigenvalue weighted by atomic mass is 10.1. The Bertz CT molecular complexity index is 524. The summed E-state index contributed by atoms with van der Waals surface area (Å²) in [6, 6.07) is 0.924. The van der Waals surface area contributed by atoms with Gasteiger partial charge in [0.15, 0.2) is 0 Å². The number of methoxy groups -OCH3 is 1. The first-order valence-corrected chi connectivity index (χ1v) is 5.04. The van der Waals surface area contributed by atoms with Crippen molar-refractivity contribution in [2.45, 2.75) is 19.3 Å².